The summed E-state index contributed by atoms with van der Waals surface area (Å²) in [5.41, 5.74) is 0.456. The van der Waals surface area contributed by atoms with Gasteiger partial charge in [0.1, 0.15) is 13.2 Å². The average Bonchev–Trinajstić information content (AvgIpc) is 2.84. The minimum atomic E-state index is -0.582. The number of likely N-dealkylation sites (tertiary alicyclic amines) is 1. The largest absolute Gasteiger partial charge is 0.463 e. The maximum Gasteiger partial charge on any atom is 0.338 e. The van der Waals surface area contributed by atoms with Gasteiger partial charge in [0.25, 0.3) is 0 Å². The van der Waals surface area contributed by atoms with Crippen molar-refractivity contribution in [3.63, 3.8) is 0 Å². The highest BCUT2D eigenvalue weighted by Crippen LogP contribution is 2.17. The van der Waals surface area contributed by atoms with Gasteiger partial charge in [0.15, 0.2) is 0 Å². The third kappa shape index (κ3) is 5.70. The fourth-order valence-corrected chi connectivity index (χ4v) is 3.14. The number of ether oxygens (including phenoxy) is 2. The van der Waals surface area contributed by atoms with Gasteiger partial charge >= 0.3 is 18.0 Å². The van der Waals surface area contributed by atoms with E-state index in [9.17, 15) is 19.2 Å². The number of amides is 3. The summed E-state index contributed by atoms with van der Waals surface area (Å²) in [6, 6.07) is -0.984. The molecule has 9 nitrogen and oxygen atoms in total. The minimum absolute atomic E-state index is 0.0582. The van der Waals surface area contributed by atoms with Gasteiger partial charge in [-0.15, -0.1) is 0 Å². The van der Waals surface area contributed by atoms with Gasteiger partial charge in [-0.2, -0.15) is 0 Å². The van der Waals surface area contributed by atoms with Crippen molar-refractivity contribution in [3.05, 3.63) is 11.3 Å². The van der Waals surface area contributed by atoms with Crippen LogP contribution in [0.15, 0.2) is 11.3 Å². The number of urea groups is 1. The monoisotopic (exact) mass is 381 g/mol. The number of nitrogens with one attached hydrogen (secondary N) is 2. The first-order chi connectivity index (χ1) is 13.0. The zero-order valence-corrected chi connectivity index (χ0v) is 15.8. The molecule has 0 aromatic heterocycles. The predicted octanol–water partition coefficient (Wildman–Crippen LogP) is 0.841. The molecular formula is C18H27N3O6. The van der Waals surface area contributed by atoms with Crippen LogP contribution in [-0.4, -0.2) is 61.1 Å². The van der Waals surface area contributed by atoms with E-state index in [2.05, 4.69) is 10.6 Å². The lowest BCUT2D eigenvalue weighted by molar-refractivity contribution is -0.148. The fourth-order valence-electron chi connectivity index (χ4n) is 3.14. The molecule has 0 aromatic rings. The summed E-state index contributed by atoms with van der Waals surface area (Å²) in [6.07, 6.45) is 3.58. The third-order valence-corrected chi connectivity index (χ3v) is 4.52. The molecule has 3 amide bonds. The molecule has 150 valence electrons. The van der Waals surface area contributed by atoms with E-state index in [4.69, 9.17) is 9.47 Å². The second kappa shape index (κ2) is 9.94. The number of hydrogen-bond acceptors (Lipinski definition) is 6. The minimum Gasteiger partial charge on any atom is -0.463 e. The molecule has 1 saturated heterocycles. The summed E-state index contributed by atoms with van der Waals surface area (Å²) in [4.78, 5) is 49.7. The average molecular weight is 381 g/mol. The lowest BCUT2D eigenvalue weighted by Crippen LogP contribution is -2.51. The van der Waals surface area contributed by atoms with E-state index in [0.717, 1.165) is 19.3 Å². The van der Waals surface area contributed by atoms with E-state index in [-0.39, 0.29) is 36.9 Å². The summed E-state index contributed by atoms with van der Waals surface area (Å²) in [5, 5.41) is 5.17. The van der Waals surface area contributed by atoms with Crippen LogP contribution >= 0.6 is 0 Å². The van der Waals surface area contributed by atoms with E-state index in [1.165, 1.54) is 4.90 Å². The Morgan fingerprint density at radius 2 is 1.93 bits per heavy atom. The number of esters is 2. The van der Waals surface area contributed by atoms with Crippen molar-refractivity contribution in [1.29, 1.82) is 0 Å². The van der Waals surface area contributed by atoms with Crippen molar-refractivity contribution >= 4 is 23.9 Å². The Hall–Kier alpha value is -2.58. The second-order valence-corrected chi connectivity index (χ2v) is 6.46. The van der Waals surface area contributed by atoms with Crippen molar-refractivity contribution < 1.29 is 28.7 Å². The summed E-state index contributed by atoms with van der Waals surface area (Å²) >= 11 is 0. The number of carbonyl (C=O) groups excluding carboxylic acids is 4. The summed E-state index contributed by atoms with van der Waals surface area (Å²) in [6.45, 7) is 3.83. The first-order valence-electron chi connectivity index (χ1n) is 9.37. The lowest BCUT2D eigenvalue weighted by Gasteiger charge is -2.28. The molecule has 1 fully saturated rings. The third-order valence-electron chi connectivity index (χ3n) is 4.52. The Labute approximate surface area is 158 Å². The molecule has 2 aliphatic rings. The molecule has 0 unspecified atom stereocenters. The summed E-state index contributed by atoms with van der Waals surface area (Å²) in [7, 11) is 0. The van der Waals surface area contributed by atoms with Crippen LogP contribution in [-0.2, 0) is 23.9 Å². The highest BCUT2D eigenvalue weighted by atomic mass is 16.5. The molecular weight excluding hydrogens is 354 g/mol. The predicted molar refractivity (Wildman–Crippen MR) is 95.4 cm³/mol. The Morgan fingerprint density at radius 1 is 1.15 bits per heavy atom. The van der Waals surface area contributed by atoms with Gasteiger partial charge in [-0.05, 0) is 26.2 Å². The van der Waals surface area contributed by atoms with Gasteiger partial charge in [-0.3, -0.25) is 9.59 Å². The first-order valence-corrected chi connectivity index (χ1v) is 9.37. The van der Waals surface area contributed by atoms with E-state index >= 15 is 0 Å². The van der Waals surface area contributed by atoms with Crippen molar-refractivity contribution in [3.8, 4) is 0 Å². The molecule has 2 aliphatic heterocycles. The lowest BCUT2D eigenvalue weighted by atomic mass is 10.0. The molecule has 0 radical (unpaired) electrons. The van der Waals surface area contributed by atoms with Gasteiger partial charge < -0.3 is 25.0 Å². The van der Waals surface area contributed by atoms with Crippen LogP contribution in [0.25, 0.3) is 0 Å². The Kier molecular flexibility index (Phi) is 7.63. The van der Waals surface area contributed by atoms with Crippen molar-refractivity contribution in [2.24, 2.45) is 0 Å². The molecule has 1 atom stereocenters. The highest BCUT2D eigenvalue weighted by Gasteiger charge is 2.32. The van der Waals surface area contributed by atoms with Crippen LogP contribution < -0.4 is 10.6 Å². The molecule has 27 heavy (non-hydrogen) atoms. The summed E-state index contributed by atoms with van der Waals surface area (Å²) < 4.78 is 10.3. The smallest absolute Gasteiger partial charge is 0.338 e. The molecule has 0 aliphatic carbocycles. The molecule has 2 rings (SSSR count). The molecule has 0 bridgehead atoms. The quantitative estimate of drug-likeness (QED) is 0.632. The van der Waals surface area contributed by atoms with Crippen LogP contribution in [0.4, 0.5) is 4.79 Å². The fraction of sp³-hybridized carbons (Fsp3) is 0.667. The normalized spacial score (nSPS) is 20.5. The van der Waals surface area contributed by atoms with Gasteiger partial charge in [0.2, 0.25) is 5.91 Å². The maximum atomic E-state index is 12.3. The van der Waals surface area contributed by atoms with Crippen LogP contribution in [0.2, 0.25) is 0 Å². The van der Waals surface area contributed by atoms with E-state index in [1.807, 2.05) is 6.92 Å². The van der Waals surface area contributed by atoms with Crippen molar-refractivity contribution in [2.45, 2.75) is 52.0 Å². The number of nitrogens with zero attached hydrogens (tertiary/aromatic N) is 1. The first kappa shape index (κ1) is 20.7. The highest BCUT2D eigenvalue weighted by molar-refractivity contribution is 5.95. The topological polar surface area (TPSA) is 114 Å². The van der Waals surface area contributed by atoms with Gasteiger partial charge in [-0.25, -0.2) is 9.59 Å². The molecule has 9 heteroatoms. The van der Waals surface area contributed by atoms with E-state index in [0.29, 0.717) is 19.4 Å². The Bertz CT molecular complexity index is 631. The molecule has 2 heterocycles. The van der Waals surface area contributed by atoms with Crippen LogP contribution in [0.5, 0.6) is 0 Å². The molecule has 2 N–H and O–H groups in total. The second-order valence-electron chi connectivity index (χ2n) is 6.46. The number of rotatable bonds is 7. The zero-order chi connectivity index (χ0) is 19.8. The van der Waals surface area contributed by atoms with Crippen molar-refractivity contribution in [2.75, 3.05) is 26.3 Å². The Morgan fingerprint density at radius 3 is 2.63 bits per heavy atom. The van der Waals surface area contributed by atoms with E-state index in [1.54, 1.807) is 6.92 Å². The van der Waals surface area contributed by atoms with Gasteiger partial charge in [0, 0.05) is 13.0 Å². The van der Waals surface area contributed by atoms with E-state index < -0.39 is 24.0 Å². The zero-order valence-electron chi connectivity index (χ0n) is 15.8. The molecule has 0 saturated carbocycles. The standard InChI is InChI=1S/C18H27N3O6/c1-3-12-16(17(24)26-4-2)13(20-18(25)19-12)11-27-15(23)10-21-9-7-5-6-8-14(21)22/h12H,3-11H2,1-2H3,(H2,19,20,25)/t12-/m0/s1. The van der Waals surface area contributed by atoms with Crippen LogP contribution in [0, 0.1) is 0 Å². The molecule has 0 spiro atoms. The van der Waals surface area contributed by atoms with Crippen molar-refractivity contribution in [1.82, 2.24) is 15.5 Å². The van der Waals surface area contributed by atoms with Gasteiger partial charge in [0.05, 0.1) is 23.9 Å². The van der Waals surface area contributed by atoms with Gasteiger partial charge in [-0.1, -0.05) is 13.3 Å². The van der Waals surface area contributed by atoms with Crippen LogP contribution in [0.1, 0.15) is 46.0 Å². The number of hydrogen-bond donors (Lipinski definition) is 2. The SMILES string of the molecule is CCOC(=O)C1=C(COC(=O)CN2CCCCCC2=O)NC(=O)N[C@H]1CC. The Balaban J connectivity index is 2.04. The van der Waals surface area contributed by atoms with Crippen LogP contribution in [0.3, 0.4) is 0 Å². The maximum absolute atomic E-state index is 12.3. The molecule has 0 aromatic carbocycles. The summed E-state index contributed by atoms with van der Waals surface area (Å²) in [5.74, 6) is -1.20. The number of carbonyl (C=O) groups is 4.